The summed E-state index contributed by atoms with van der Waals surface area (Å²) in [5, 5.41) is 5.16. The standard InChI is InChI=1S/C15H17Cl2N5OS/c1-19-9-18-22(15(19)24)10-20-4-6-21(7-5-20)14(23)12-3-2-11(16)8-13(12)17/h2-3,8-9H,4-7,10H2,1H3. The maximum absolute atomic E-state index is 12.6. The Morgan fingerprint density at radius 3 is 2.54 bits per heavy atom. The van der Waals surface area contributed by atoms with Crippen LogP contribution in [-0.4, -0.2) is 56.2 Å². The number of aromatic nitrogens is 3. The third-order valence-electron chi connectivity index (χ3n) is 4.04. The molecule has 3 rings (SSSR count). The van der Waals surface area contributed by atoms with Crippen molar-refractivity contribution in [3.05, 3.63) is 44.9 Å². The van der Waals surface area contributed by atoms with Crippen LogP contribution in [0.15, 0.2) is 24.5 Å². The fourth-order valence-electron chi connectivity index (χ4n) is 2.63. The van der Waals surface area contributed by atoms with Crippen LogP contribution in [0.25, 0.3) is 0 Å². The number of hydrogen-bond acceptors (Lipinski definition) is 4. The Morgan fingerprint density at radius 2 is 1.96 bits per heavy atom. The fraction of sp³-hybridized carbons (Fsp3) is 0.400. The van der Waals surface area contributed by atoms with Gasteiger partial charge in [0.25, 0.3) is 5.91 Å². The van der Waals surface area contributed by atoms with E-state index in [-0.39, 0.29) is 5.91 Å². The monoisotopic (exact) mass is 385 g/mol. The number of nitrogens with zero attached hydrogens (tertiary/aromatic N) is 5. The molecule has 1 fully saturated rings. The van der Waals surface area contributed by atoms with Gasteiger partial charge in [-0.15, -0.1) is 0 Å². The Morgan fingerprint density at radius 1 is 1.25 bits per heavy atom. The highest BCUT2D eigenvalue weighted by atomic mass is 35.5. The number of halogens is 2. The van der Waals surface area contributed by atoms with Gasteiger partial charge in [0.15, 0.2) is 4.77 Å². The number of hydrogen-bond donors (Lipinski definition) is 0. The van der Waals surface area contributed by atoms with Crippen molar-refractivity contribution < 1.29 is 4.79 Å². The lowest BCUT2D eigenvalue weighted by atomic mass is 10.2. The zero-order chi connectivity index (χ0) is 17.3. The molecular formula is C15H17Cl2N5OS. The summed E-state index contributed by atoms with van der Waals surface area (Å²) in [5.41, 5.74) is 0.487. The van der Waals surface area contributed by atoms with E-state index in [4.69, 9.17) is 35.4 Å². The summed E-state index contributed by atoms with van der Waals surface area (Å²) in [6.45, 7) is 3.42. The third kappa shape index (κ3) is 3.64. The molecule has 1 amide bonds. The van der Waals surface area contributed by atoms with Gasteiger partial charge in [-0.1, -0.05) is 23.2 Å². The third-order valence-corrected chi connectivity index (χ3v) is 5.09. The van der Waals surface area contributed by atoms with E-state index in [2.05, 4.69) is 10.00 Å². The molecule has 2 aromatic rings. The molecule has 0 spiro atoms. The topological polar surface area (TPSA) is 46.3 Å². The van der Waals surface area contributed by atoms with Crippen molar-refractivity contribution in [3.8, 4) is 0 Å². The molecule has 0 atom stereocenters. The van der Waals surface area contributed by atoms with E-state index in [9.17, 15) is 4.79 Å². The molecule has 1 aromatic heterocycles. The van der Waals surface area contributed by atoms with Crippen LogP contribution in [0.3, 0.4) is 0 Å². The molecule has 0 saturated carbocycles. The SMILES string of the molecule is Cn1cnn(CN2CCN(C(=O)c3ccc(Cl)cc3Cl)CC2)c1=S. The van der Waals surface area contributed by atoms with Crippen LogP contribution in [0.2, 0.25) is 10.0 Å². The number of piperazine rings is 1. The van der Waals surface area contributed by atoms with E-state index in [0.29, 0.717) is 40.1 Å². The summed E-state index contributed by atoms with van der Waals surface area (Å²) in [6.07, 6.45) is 1.70. The molecule has 0 radical (unpaired) electrons. The number of aryl methyl sites for hydroxylation is 1. The van der Waals surface area contributed by atoms with Gasteiger partial charge in [-0.3, -0.25) is 9.69 Å². The van der Waals surface area contributed by atoms with Crippen LogP contribution in [0.1, 0.15) is 10.4 Å². The zero-order valence-electron chi connectivity index (χ0n) is 13.2. The van der Waals surface area contributed by atoms with E-state index in [1.165, 1.54) is 0 Å². The van der Waals surface area contributed by atoms with Gasteiger partial charge in [-0.25, -0.2) is 4.68 Å². The maximum atomic E-state index is 12.6. The number of rotatable bonds is 3. The summed E-state index contributed by atoms with van der Waals surface area (Å²) in [6, 6.07) is 4.95. The number of carbonyl (C=O) groups excluding carboxylic acids is 1. The molecule has 128 valence electrons. The lowest BCUT2D eigenvalue weighted by Gasteiger charge is -2.34. The van der Waals surface area contributed by atoms with E-state index in [0.717, 1.165) is 13.1 Å². The zero-order valence-corrected chi connectivity index (χ0v) is 15.5. The average Bonchev–Trinajstić information content (AvgIpc) is 2.87. The molecule has 0 N–H and O–H groups in total. The highest BCUT2D eigenvalue weighted by Crippen LogP contribution is 2.22. The van der Waals surface area contributed by atoms with Crippen LogP contribution in [-0.2, 0) is 13.7 Å². The van der Waals surface area contributed by atoms with Crippen LogP contribution < -0.4 is 0 Å². The first-order valence-corrected chi connectivity index (χ1v) is 8.67. The van der Waals surface area contributed by atoms with Gasteiger partial charge >= 0.3 is 0 Å². The molecule has 0 aliphatic carbocycles. The quantitative estimate of drug-likeness (QED) is 0.761. The van der Waals surface area contributed by atoms with Crippen molar-refractivity contribution in [2.24, 2.45) is 7.05 Å². The van der Waals surface area contributed by atoms with Gasteiger partial charge < -0.3 is 9.47 Å². The molecule has 0 unspecified atom stereocenters. The Hall–Kier alpha value is -1.41. The van der Waals surface area contributed by atoms with Gasteiger partial charge in [0, 0.05) is 38.2 Å². The minimum Gasteiger partial charge on any atom is -0.336 e. The van der Waals surface area contributed by atoms with Crippen molar-refractivity contribution in [3.63, 3.8) is 0 Å². The van der Waals surface area contributed by atoms with Crippen molar-refractivity contribution in [1.29, 1.82) is 0 Å². The van der Waals surface area contributed by atoms with Crippen LogP contribution in [0.5, 0.6) is 0 Å². The summed E-state index contributed by atoms with van der Waals surface area (Å²) < 4.78 is 4.27. The second-order valence-corrected chi connectivity index (χ2v) is 6.91. The van der Waals surface area contributed by atoms with E-state index < -0.39 is 0 Å². The molecule has 1 aromatic carbocycles. The molecule has 1 aliphatic heterocycles. The van der Waals surface area contributed by atoms with Crippen LogP contribution in [0, 0.1) is 4.77 Å². The first-order valence-electron chi connectivity index (χ1n) is 7.51. The predicted octanol–water partition coefficient (Wildman–Crippen LogP) is 2.67. The van der Waals surface area contributed by atoms with Crippen molar-refractivity contribution in [1.82, 2.24) is 24.1 Å². The van der Waals surface area contributed by atoms with Crippen molar-refractivity contribution >= 4 is 41.3 Å². The van der Waals surface area contributed by atoms with Gasteiger partial charge in [-0.2, -0.15) is 5.10 Å². The lowest BCUT2D eigenvalue weighted by Crippen LogP contribution is -2.49. The number of amides is 1. The molecule has 0 bridgehead atoms. The van der Waals surface area contributed by atoms with Crippen LogP contribution >= 0.6 is 35.4 Å². The summed E-state index contributed by atoms with van der Waals surface area (Å²) >= 11 is 17.3. The van der Waals surface area contributed by atoms with E-state index in [1.54, 1.807) is 33.8 Å². The minimum absolute atomic E-state index is 0.0641. The lowest BCUT2D eigenvalue weighted by molar-refractivity contribution is 0.0585. The molecule has 1 aliphatic rings. The Kier molecular flexibility index (Phi) is 5.24. The first kappa shape index (κ1) is 17.4. The molecule has 9 heteroatoms. The average molecular weight is 386 g/mol. The van der Waals surface area contributed by atoms with Crippen molar-refractivity contribution in [2.75, 3.05) is 26.2 Å². The van der Waals surface area contributed by atoms with E-state index in [1.807, 2.05) is 11.9 Å². The van der Waals surface area contributed by atoms with E-state index >= 15 is 0 Å². The summed E-state index contributed by atoms with van der Waals surface area (Å²) in [4.78, 5) is 16.6. The Bertz CT molecular complexity index is 810. The summed E-state index contributed by atoms with van der Waals surface area (Å²) in [7, 11) is 1.87. The fourth-order valence-corrected chi connectivity index (χ4v) is 3.27. The molecular weight excluding hydrogens is 369 g/mol. The second-order valence-electron chi connectivity index (χ2n) is 5.70. The highest BCUT2D eigenvalue weighted by molar-refractivity contribution is 7.71. The van der Waals surface area contributed by atoms with Gasteiger partial charge in [0.1, 0.15) is 6.33 Å². The maximum Gasteiger partial charge on any atom is 0.255 e. The molecule has 2 heterocycles. The predicted molar refractivity (Wildman–Crippen MR) is 96.0 cm³/mol. The Balaban J connectivity index is 1.61. The number of benzene rings is 1. The van der Waals surface area contributed by atoms with Gasteiger partial charge in [0.2, 0.25) is 0 Å². The van der Waals surface area contributed by atoms with Crippen molar-refractivity contribution in [2.45, 2.75) is 6.67 Å². The van der Waals surface area contributed by atoms with Crippen LogP contribution in [0.4, 0.5) is 0 Å². The number of carbonyl (C=O) groups is 1. The van der Waals surface area contributed by atoms with Gasteiger partial charge in [-0.05, 0) is 30.4 Å². The largest absolute Gasteiger partial charge is 0.336 e. The molecule has 1 saturated heterocycles. The normalized spacial score (nSPS) is 15.7. The second kappa shape index (κ2) is 7.23. The molecule has 6 nitrogen and oxygen atoms in total. The highest BCUT2D eigenvalue weighted by Gasteiger charge is 2.24. The molecule has 24 heavy (non-hydrogen) atoms. The van der Waals surface area contributed by atoms with Gasteiger partial charge in [0.05, 0.1) is 17.3 Å². The Labute approximate surface area is 155 Å². The summed E-state index contributed by atoms with van der Waals surface area (Å²) in [5.74, 6) is -0.0641. The minimum atomic E-state index is -0.0641. The smallest absolute Gasteiger partial charge is 0.255 e. The first-order chi connectivity index (χ1) is 11.5.